The predicted octanol–water partition coefficient (Wildman–Crippen LogP) is 3.11. The Hall–Kier alpha value is -0.590. The van der Waals surface area contributed by atoms with Crippen LogP contribution in [0.1, 0.15) is 52.4 Å². The van der Waals surface area contributed by atoms with Crippen molar-refractivity contribution in [3.8, 4) is 6.07 Å². The van der Waals surface area contributed by atoms with E-state index in [0.717, 1.165) is 39.0 Å². The minimum atomic E-state index is 0.212. The molecule has 104 valence electrons. The van der Waals surface area contributed by atoms with Gasteiger partial charge in [-0.2, -0.15) is 5.26 Å². The molecule has 3 nitrogen and oxygen atoms in total. The molecule has 0 radical (unpaired) electrons. The van der Waals surface area contributed by atoms with E-state index in [1.165, 1.54) is 19.3 Å². The molecule has 1 aliphatic carbocycles. The van der Waals surface area contributed by atoms with Crippen LogP contribution in [0.3, 0.4) is 0 Å². The number of hydrogen-bond acceptors (Lipinski definition) is 3. The normalized spacial score (nSPS) is 24.8. The summed E-state index contributed by atoms with van der Waals surface area (Å²) in [6.45, 7) is 6.99. The van der Waals surface area contributed by atoms with E-state index in [9.17, 15) is 5.26 Å². The molecule has 0 saturated heterocycles. The molecule has 1 N–H and O–H groups in total. The molecule has 1 rings (SSSR count). The van der Waals surface area contributed by atoms with E-state index in [1.54, 1.807) is 0 Å². The first-order chi connectivity index (χ1) is 8.74. The first-order valence-corrected chi connectivity index (χ1v) is 7.44. The van der Waals surface area contributed by atoms with E-state index >= 15 is 0 Å². The highest BCUT2D eigenvalue weighted by molar-refractivity contribution is 4.93. The molecular formula is C15H28N2O. The average Bonchev–Trinajstić information content (AvgIpc) is 2.58. The summed E-state index contributed by atoms with van der Waals surface area (Å²) in [7, 11) is 0. The number of hydrogen-bond donors (Lipinski definition) is 1. The standard InChI is InChI=1S/C15H28N2O/c1-13(2)12-18-10-6-9-17-15-8-5-3-4-7-14(15)11-16/h13-15,17H,3-10,12H2,1-2H3. The molecule has 1 saturated carbocycles. The van der Waals surface area contributed by atoms with Crippen molar-refractivity contribution in [3.05, 3.63) is 0 Å². The number of nitrogens with zero attached hydrogens (tertiary/aromatic N) is 1. The van der Waals surface area contributed by atoms with E-state index in [4.69, 9.17) is 4.74 Å². The third-order valence-corrected chi connectivity index (χ3v) is 3.50. The fourth-order valence-electron chi connectivity index (χ4n) is 2.49. The molecule has 18 heavy (non-hydrogen) atoms. The summed E-state index contributed by atoms with van der Waals surface area (Å²) in [5, 5.41) is 12.7. The van der Waals surface area contributed by atoms with Gasteiger partial charge >= 0.3 is 0 Å². The van der Waals surface area contributed by atoms with Gasteiger partial charge in [-0.25, -0.2) is 0 Å². The molecule has 0 spiro atoms. The molecule has 1 fully saturated rings. The fourth-order valence-corrected chi connectivity index (χ4v) is 2.49. The Balaban J connectivity index is 2.11. The smallest absolute Gasteiger partial charge is 0.0672 e. The molecule has 3 heteroatoms. The fraction of sp³-hybridized carbons (Fsp3) is 0.933. The van der Waals surface area contributed by atoms with E-state index in [-0.39, 0.29) is 5.92 Å². The number of ether oxygens (including phenoxy) is 1. The number of nitriles is 1. The van der Waals surface area contributed by atoms with Crippen LogP contribution < -0.4 is 5.32 Å². The topological polar surface area (TPSA) is 45.0 Å². The third-order valence-electron chi connectivity index (χ3n) is 3.50. The predicted molar refractivity (Wildman–Crippen MR) is 74.3 cm³/mol. The van der Waals surface area contributed by atoms with Gasteiger partial charge in [0, 0.05) is 19.3 Å². The highest BCUT2D eigenvalue weighted by Gasteiger charge is 2.22. The van der Waals surface area contributed by atoms with Gasteiger partial charge in [-0.15, -0.1) is 0 Å². The third kappa shape index (κ3) is 6.37. The lowest BCUT2D eigenvalue weighted by atomic mass is 9.96. The van der Waals surface area contributed by atoms with E-state index in [1.807, 2.05) is 0 Å². The summed E-state index contributed by atoms with van der Waals surface area (Å²) in [4.78, 5) is 0. The van der Waals surface area contributed by atoms with Crippen molar-refractivity contribution in [1.82, 2.24) is 5.32 Å². The van der Waals surface area contributed by atoms with Crippen LogP contribution in [0.4, 0.5) is 0 Å². The Labute approximate surface area is 112 Å². The lowest BCUT2D eigenvalue weighted by Gasteiger charge is -2.20. The molecule has 0 bridgehead atoms. The Morgan fingerprint density at radius 1 is 1.28 bits per heavy atom. The lowest BCUT2D eigenvalue weighted by molar-refractivity contribution is 0.107. The molecular weight excluding hydrogens is 224 g/mol. The van der Waals surface area contributed by atoms with Gasteiger partial charge in [0.25, 0.3) is 0 Å². The van der Waals surface area contributed by atoms with Crippen LogP contribution in [0.5, 0.6) is 0 Å². The molecule has 0 aromatic rings. The second-order valence-electron chi connectivity index (χ2n) is 5.76. The van der Waals surface area contributed by atoms with E-state index in [0.29, 0.717) is 12.0 Å². The summed E-state index contributed by atoms with van der Waals surface area (Å²) in [6.07, 6.45) is 7.03. The molecule has 0 aromatic heterocycles. The van der Waals surface area contributed by atoms with Gasteiger partial charge in [-0.05, 0) is 31.7 Å². The zero-order valence-corrected chi connectivity index (χ0v) is 12.0. The van der Waals surface area contributed by atoms with Crippen molar-refractivity contribution < 1.29 is 4.74 Å². The maximum atomic E-state index is 9.17. The number of rotatable bonds is 7. The summed E-state index contributed by atoms with van der Waals surface area (Å²) >= 11 is 0. The van der Waals surface area contributed by atoms with Crippen LogP contribution >= 0.6 is 0 Å². The summed E-state index contributed by atoms with van der Waals surface area (Å²) < 4.78 is 5.56. The van der Waals surface area contributed by atoms with E-state index < -0.39 is 0 Å². The Kier molecular flexibility index (Phi) is 8.04. The Morgan fingerprint density at radius 3 is 2.78 bits per heavy atom. The van der Waals surface area contributed by atoms with Gasteiger partial charge in [0.2, 0.25) is 0 Å². The summed E-state index contributed by atoms with van der Waals surface area (Å²) in [5.74, 6) is 0.826. The van der Waals surface area contributed by atoms with Crippen molar-refractivity contribution in [3.63, 3.8) is 0 Å². The second kappa shape index (κ2) is 9.35. The minimum Gasteiger partial charge on any atom is -0.381 e. The van der Waals surface area contributed by atoms with Gasteiger partial charge in [-0.3, -0.25) is 0 Å². The highest BCUT2D eigenvalue weighted by Crippen LogP contribution is 2.22. The Bertz CT molecular complexity index is 247. The van der Waals surface area contributed by atoms with Gasteiger partial charge in [0.15, 0.2) is 0 Å². The van der Waals surface area contributed by atoms with Crippen LogP contribution in [-0.2, 0) is 4.74 Å². The van der Waals surface area contributed by atoms with Gasteiger partial charge in [-0.1, -0.05) is 33.1 Å². The van der Waals surface area contributed by atoms with Crippen LogP contribution in [-0.4, -0.2) is 25.8 Å². The van der Waals surface area contributed by atoms with Crippen LogP contribution in [0.25, 0.3) is 0 Å². The van der Waals surface area contributed by atoms with Gasteiger partial charge in [0.05, 0.1) is 12.0 Å². The van der Waals surface area contributed by atoms with Crippen LogP contribution in [0.15, 0.2) is 0 Å². The van der Waals surface area contributed by atoms with Crippen molar-refractivity contribution in [2.24, 2.45) is 11.8 Å². The summed E-state index contributed by atoms with van der Waals surface area (Å²) in [5.41, 5.74) is 0. The Morgan fingerprint density at radius 2 is 2.06 bits per heavy atom. The molecule has 0 aromatic carbocycles. The zero-order valence-electron chi connectivity index (χ0n) is 12.0. The second-order valence-corrected chi connectivity index (χ2v) is 5.76. The molecule has 0 heterocycles. The summed E-state index contributed by atoms with van der Waals surface area (Å²) in [6, 6.07) is 2.87. The minimum absolute atomic E-state index is 0.212. The largest absolute Gasteiger partial charge is 0.381 e. The van der Waals surface area contributed by atoms with E-state index in [2.05, 4.69) is 25.2 Å². The maximum Gasteiger partial charge on any atom is 0.0672 e. The molecule has 1 aliphatic rings. The first kappa shape index (κ1) is 15.5. The molecule has 2 atom stereocenters. The van der Waals surface area contributed by atoms with Crippen molar-refractivity contribution in [1.29, 1.82) is 5.26 Å². The molecule has 0 amide bonds. The number of nitrogens with one attached hydrogen (secondary N) is 1. The monoisotopic (exact) mass is 252 g/mol. The maximum absolute atomic E-state index is 9.17. The first-order valence-electron chi connectivity index (χ1n) is 7.44. The van der Waals surface area contributed by atoms with Crippen molar-refractivity contribution in [2.45, 2.75) is 58.4 Å². The highest BCUT2D eigenvalue weighted by atomic mass is 16.5. The van der Waals surface area contributed by atoms with Crippen LogP contribution in [0.2, 0.25) is 0 Å². The van der Waals surface area contributed by atoms with Gasteiger partial charge in [0.1, 0.15) is 0 Å². The average molecular weight is 252 g/mol. The van der Waals surface area contributed by atoms with Crippen LogP contribution in [0, 0.1) is 23.2 Å². The molecule has 2 unspecified atom stereocenters. The van der Waals surface area contributed by atoms with Crippen molar-refractivity contribution in [2.75, 3.05) is 19.8 Å². The molecule has 0 aliphatic heterocycles. The van der Waals surface area contributed by atoms with Crippen molar-refractivity contribution >= 4 is 0 Å². The SMILES string of the molecule is CC(C)COCCCNC1CCCCCC1C#N. The lowest BCUT2D eigenvalue weighted by Crippen LogP contribution is -2.36. The zero-order chi connectivity index (χ0) is 13.2. The van der Waals surface area contributed by atoms with Gasteiger partial charge < -0.3 is 10.1 Å². The quantitative estimate of drug-likeness (QED) is 0.559.